The van der Waals surface area contributed by atoms with E-state index in [-0.39, 0.29) is 6.42 Å². The van der Waals surface area contributed by atoms with E-state index in [0.717, 1.165) is 6.34 Å². The van der Waals surface area contributed by atoms with Crippen molar-refractivity contribution in [2.75, 3.05) is 6.61 Å². The Morgan fingerprint density at radius 1 is 1.58 bits per heavy atom. The molecule has 0 saturated carbocycles. The maximum Gasteiger partial charge on any atom is 0.469 e. The zero-order valence-electron chi connectivity index (χ0n) is 12.2. The molecule has 0 aromatic carbocycles. The lowest BCUT2D eigenvalue weighted by Crippen LogP contribution is -2.46. The summed E-state index contributed by atoms with van der Waals surface area (Å²) in [5, 5.41) is 20.3. The van der Waals surface area contributed by atoms with Crippen molar-refractivity contribution < 1.29 is 33.6 Å². The normalized spacial score (nSPS) is 33.0. The van der Waals surface area contributed by atoms with Crippen molar-refractivity contribution >= 4 is 20.1 Å². The van der Waals surface area contributed by atoms with Crippen molar-refractivity contribution in [3.63, 3.8) is 0 Å². The van der Waals surface area contributed by atoms with E-state index in [0.29, 0.717) is 0 Å². The number of aliphatic hydroxyl groups excluding tert-OH is 1. The van der Waals surface area contributed by atoms with Crippen LogP contribution in [0.3, 0.4) is 0 Å². The van der Waals surface area contributed by atoms with E-state index < -0.39 is 56.1 Å². The predicted molar refractivity (Wildman–Crippen MR) is 78.0 cm³/mol. The summed E-state index contributed by atoms with van der Waals surface area (Å²) in [6.45, 7) is -0.572. The highest BCUT2D eigenvalue weighted by Crippen LogP contribution is 2.42. The SMILES string of the molecule is NC(N)=NC1C([N+](=O)[O-])N=CN1[C@H]1C[C@H](OP(=O)(O)O)[C@@H](CO)O1. The number of hydrogen-bond donors (Lipinski definition) is 5. The van der Waals surface area contributed by atoms with Gasteiger partial charge in [-0.2, -0.15) is 4.99 Å². The van der Waals surface area contributed by atoms with E-state index in [4.69, 9.17) is 26.0 Å². The van der Waals surface area contributed by atoms with Gasteiger partial charge in [0.05, 0.1) is 17.9 Å². The van der Waals surface area contributed by atoms with Crippen LogP contribution in [0.2, 0.25) is 0 Å². The van der Waals surface area contributed by atoms with Crippen LogP contribution in [0.1, 0.15) is 6.42 Å². The van der Waals surface area contributed by atoms with Crippen LogP contribution in [0.4, 0.5) is 0 Å². The zero-order valence-corrected chi connectivity index (χ0v) is 13.0. The zero-order chi connectivity index (χ0) is 18.1. The minimum atomic E-state index is -4.81. The molecule has 1 fully saturated rings. The highest BCUT2D eigenvalue weighted by Gasteiger charge is 2.48. The molecule has 14 nitrogen and oxygen atoms in total. The molecular formula is C9H17N6O8P. The highest BCUT2D eigenvalue weighted by atomic mass is 31.2. The van der Waals surface area contributed by atoms with Gasteiger partial charge in [-0.25, -0.2) is 9.56 Å². The Kier molecular flexibility index (Phi) is 5.37. The van der Waals surface area contributed by atoms with Crippen LogP contribution >= 0.6 is 7.82 Å². The van der Waals surface area contributed by atoms with Crippen LogP contribution in [-0.4, -0.2) is 74.4 Å². The van der Waals surface area contributed by atoms with Gasteiger partial charge < -0.3 is 36.0 Å². The predicted octanol–water partition coefficient (Wildman–Crippen LogP) is -2.88. The first kappa shape index (κ1) is 18.5. The second-order valence-corrected chi connectivity index (χ2v) is 6.25. The highest BCUT2D eigenvalue weighted by molar-refractivity contribution is 7.46. The number of hydrogen-bond acceptors (Lipinski definition) is 9. The van der Waals surface area contributed by atoms with Crippen LogP contribution in [0.25, 0.3) is 0 Å². The minimum absolute atomic E-state index is 0.0940. The summed E-state index contributed by atoms with van der Waals surface area (Å²) in [4.78, 5) is 36.8. The Balaban J connectivity index is 2.18. The number of guanidine groups is 1. The topological polar surface area (TPSA) is 219 Å². The molecule has 2 heterocycles. The molecule has 7 N–H and O–H groups in total. The van der Waals surface area contributed by atoms with Gasteiger partial charge >= 0.3 is 14.0 Å². The third kappa shape index (κ3) is 4.17. The van der Waals surface area contributed by atoms with Crippen molar-refractivity contribution in [3.8, 4) is 0 Å². The molecule has 2 aliphatic heterocycles. The fraction of sp³-hybridized carbons (Fsp3) is 0.778. The number of aliphatic imine (C=N–C) groups is 2. The first-order chi connectivity index (χ1) is 11.1. The van der Waals surface area contributed by atoms with Crippen molar-refractivity contribution in [2.45, 2.75) is 37.2 Å². The molecule has 2 unspecified atom stereocenters. The molecule has 2 aliphatic rings. The first-order valence-corrected chi connectivity index (χ1v) is 8.18. The van der Waals surface area contributed by atoms with Crippen LogP contribution < -0.4 is 11.5 Å². The van der Waals surface area contributed by atoms with Gasteiger partial charge in [-0.05, 0) is 0 Å². The second kappa shape index (κ2) is 6.96. The third-order valence-electron chi connectivity index (χ3n) is 3.39. The lowest BCUT2D eigenvalue weighted by Gasteiger charge is -2.27. The van der Waals surface area contributed by atoms with Gasteiger partial charge in [0.25, 0.3) is 0 Å². The molecule has 1 saturated heterocycles. The van der Waals surface area contributed by atoms with Gasteiger partial charge in [-0.1, -0.05) is 0 Å². The number of rotatable bonds is 6. The molecule has 24 heavy (non-hydrogen) atoms. The second-order valence-electron chi connectivity index (χ2n) is 5.06. The molecule has 2 rings (SSSR count). The molecule has 0 bridgehead atoms. The standard InChI is InChI=1S/C9H17N6O8P/c10-9(11)13-8-7(15(17)18)12-3-14(8)6-1-4(5(2-16)22-6)23-24(19,20)21/h3-8,16H,1-2H2,(H4,10,11,13)(H2,19,20,21)/t4-,5+,6+,7?,8?/m0/s1. The van der Waals surface area contributed by atoms with Crippen LogP contribution in [0.15, 0.2) is 9.98 Å². The van der Waals surface area contributed by atoms with E-state index >= 15 is 0 Å². The van der Waals surface area contributed by atoms with E-state index in [1.807, 2.05) is 0 Å². The lowest BCUT2D eigenvalue weighted by atomic mass is 10.2. The van der Waals surface area contributed by atoms with Gasteiger partial charge in [-0.3, -0.25) is 14.6 Å². The summed E-state index contributed by atoms with van der Waals surface area (Å²) >= 11 is 0. The molecule has 5 atom stereocenters. The van der Waals surface area contributed by atoms with Crippen molar-refractivity contribution in [3.05, 3.63) is 10.1 Å². The fourth-order valence-electron chi connectivity index (χ4n) is 2.47. The Morgan fingerprint density at radius 3 is 2.75 bits per heavy atom. The molecule has 0 amide bonds. The average Bonchev–Trinajstić information content (AvgIpc) is 3.00. The smallest absolute Gasteiger partial charge is 0.394 e. The first-order valence-electron chi connectivity index (χ1n) is 6.65. The Morgan fingerprint density at radius 2 is 2.25 bits per heavy atom. The van der Waals surface area contributed by atoms with Gasteiger partial charge in [0, 0.05) is 6.42 Å². The molecule has 0 aromatic rings. The number of ether oxygens (including phenoxy) is 1. The lowest BCUT2D eigenvalue weighted by molar-refractivity contribution is -0.525. The number of aliphatic hydroxyl groups is 1. The monoisotopic (exact) mass is 368 g/mol. The van der Waals surface area contributed by atoms with Gasteiger partial charge in [0.15, 0.2) is 5.96 Å². The van der Waals surface area contributed by atoms with Gasteiger partial charge in [-0.15, -0.1) is 0 Å². The van der Waals surface area contributed by atoms with Crippen LogP contribution in [0.5, 0.6) is 0 Å². The number of phosphoric ester groups is 1. The molecule has 0 aliphatic carbocycles. The molecule has 0 spiro atoms. The maximum absolute atomic E-state index is 11.0. The molecule has 0 radical (unpaired) electrons. The number of nitrogens with two attached hydrogens (primary N) is 2. The third-order valence-corrected chi connectivity index (χ3v) is 3.93. The van der Waals surface area contributed by atoms with Gasteiger partial charge in [0.2, 0.25) is 6.17 Å². The number of nitrogens with zero attached hydrogens (tertiary/aromatic N) is 4. The van der Waals surface area contributed by atoms with E-state index in [1.165, 1.54) is 4.90 Å². The molecule has 136 valence electrons. The summed E-state index contributed by atoms with van der Waals surface area (Å²) in [5.41, 5.74) is 10.5. The van der Waals surface area contributed by atoms with Crippen molar-refractivity contribution in [2.24, 2.45) is 21.5 Å². The van der Waals surface area contributed by atoms with Gasteiger partial charge in [0.1, 0.15) is 18.4 Å². The largest absolute Gasteiger partial charge is 0.469 e. The molecular weight excluding hydrogens is 351 g/mol. The van der Waals surface area contributed by atoms with Crippen LogP contribution in [-0.2, 0) is 13.8 Å². The Bertz CT molecular complexity index is 591. The van der Waals surface area contributed by atoms with E-state index in [2.05, 4.69) is 14.5 Å². The summed E-state index contributed by atoms with van der Waals surface area (Å²) < 4.78 is 21.0. The number of nitro groups is 1. The fourth-order valence-corrected chi connectivity index (χ4v) is 3.05. The van der Waals surface area contributed by atoms with Crippen molar-refractivity contribution in [1.29, 1.82) is 0 Å². The molecule has 15 heteroatoms. The summed E-state index contributed by atoms with van der Waals surface area (Å²) in [5.74, 6) is -0.401. The van der Waals surface area contributed by atoms with E-state index in [1.54, 1.807) is 0 Å². The summed E-state index contributed by atoms with van der Waals surface area (Å²) in [6.07, 6.45) is -4.73. The number of phosphoric acid groups is 1. The summed E-state index contributed by atoms with van der Waals surface area (Å²) in [7, 11) is -4.81. The minimum Gasteiger partial charge on any atom is -0.394 e. The Labute approximate surface area is 135 Å². The quantitative estimate of drug-likeness (QED) is 0.105. The van der Waals surface area contributed by atoms with Crippen LogP contribution in [0, 0.1) is 10.1 Å². The van der Waals surface area contributed by atoms with E-state index in [9.17, 15) is 19.8 Å². The Hall–Kier alpha value is -1.83. The maximum atomic E-state index is 11.0. The van der Waals surface area contributed by atoms with Crippen molar-refractivity contribution in [1.82, 2.24) is 4.90 Å². The average molecular weight is 368 g/mol. The summed E-state index contributed by atoms with van der Waals surface area (Å²) in [6, 6.07) is 0. The molecule has 0 aromatic heterocycles.